The molecule has 0 aliphatic carbocycles. The maximum absolute atomic E-state index is 10.8. The van der Waals surface area contributed by atoms with Crippen LogP contribution >= 0.6 is 0 Å². The standard InChI is InChI=1S/C17H19N3O5/c1-17(2,13-6-8-14(9-7-13)19(22)23)18-11-16(21)12-4-3-5-15(10-12)20(24)25/h3-10,16,18,21H,11H2,1-2H3. The topological polar surface area (TPSA) is 119 Å². The highest BCUT2D eigenvalue weighted by atomic mass is 16.6. The molecule has 0 saturated heterocycles. The lowest BCUT2D eigenvalue weighted by Crippen LogP contribution is -2.39. The SMILES string of the molecule is CC(C)(NCC(O)c1cccc([N+](=O)[O-])c1)c1ccc([N+](=O)[O-])cc1. The summed E-state index contributed by atoms with van der Waals surface area (Å²) >= 11 is 0. The first-order valence-electron chi connectivity index (χ1n) is 7.63. The van der Waals surface area contributed by atoms with Crippen LogP contribution in [0.4, 0.5) is 11.4 Å². The van der Waals surface area contributed by atoms with Crippen LogP contribution in [0.25, 0.3) is 0 Å². The van der Waals surface area contributed by atoms with E-state index in [1.54, 1.807) is 18.2 Å². The second-order valence-electron chi connectivity index (χ2n) is 6.18. The Morgan fingerprint density at radius 1 is 1.04 bits per heavy atom. The molecule has 1 atom stereocenters. The lowest BCUT2D eigenvalue weighted by Gasteiger charge is -2.28. The van der Waals surface area contributed by atoms with Gasteiger partial charge in [-0.1, -0.05) is 24.3 Å². The summed E-state index contributed by atoms with van der Waals surface area (Å²) in [5, 5.41) is 35.0. The molecule has 0 heterocycles. The summed E-state index contributed by atoms with van der Waals surface area (Å²) in [4.78, 5) is 20.6. The monoisotopic (exact) mass is 345 g/mol. The first-order valence-corrected chi connectivity index (χ1v) is 7.63. The number of non-ortho nitro benzene ring substituents is 2. The van der Waals surface area contributed by atoms with Crippen molar-refractivity contribution < 1.29 is 15.0 Å². The van der Waals surface area contributed by atoms with Crippen LogP contribution in [0, 0.1) is 20.2 Å². The van der Waals surface area contributed by atoms with Crippen LogP contribution in [-0.4, -0.2) is 21.5 Å². The lowest BCUT2D eigenvalue weighted by atomic mass is 9.93. The summed E-state index contributed by atoms with van der Waals surface area (Å²) in [5.74, 6) is 0. The van der Waals surface area contributed by atoms with Gasteiger partial charge in [-0.3, -0.25) is 20.2 Å². The molecule has 0 bridgehead atoms. The zero-order valence-corrected chi connectivity index (χ0v) is 13.9. The number of aliphatic hydroxyl groups excluding tert-OH is 1. The van der Waals surface area contributed by atoms with Crippen LogP contribution in [0.3, 0.4) is 0 Å². The molecule has 0 fully saturated rings. The van der Waals surface area contributed by atoms with E-state index in [2.05, 4.69) is 5.32 Å². The minimum atomic E-state index is -0.919. The van der Waals surface area contributed by atoms with Crippen molar-refractivity contribution in [3.8, 4) is 0 Å². The minimum Gasteiger partial charge on any atom is -0.387 e. The van der Waals surface area contributed by atoms with Gasteiger partial charge >= 0.3 is 0 Å². The van der Waals surface area contributed by atoms with Crippen molar-refractivity contribution in [3.05, 3.63) is 79.9 Å². The number of rotatable bonds is 7. The number of nitrogens with zero attached hydrogens (tertiary/aromatic N) is 2. The van der Waals surface area contributed by atoms with Crippen LogP contribution in [0.1, 0.15) is 31.1 Å². The molecule has 25 heavy (non-hydrogen) atoms. The van der Waals surface area contributed by atoms with Gasteiger partial charge in [0.15, 0.2) is 0 Å². The Balaban J connectivity index is 2.06. The third-order valence-corrected chi connectivity index (χ3v) is 4.00. The summed E-state index contributed by atoms with van der Waals surface area (Å²) in [6.07, 6.45) is -0.919. The van der Waals surface area contributed by atoms with Gasteiger partial charge in [0.05, 0.1) is 16.0 Å². The molecule has 2 aromatic rings. The van der Waals surface area contributed by atoms with Crippen LogP contribution in [-0.2, 0) is 5.54 Å². The number of hydrogen-bond donors (Lipinski definition) is 2. The predicted molar refractivity (Wildman–Crippen MR) is 92.2 cm³/mol. The second-order valence-corrected chi connectivity index (χ2v) is 6.18. The molecule has 0 aliphatic heterocycles. The highest BCUT2D eigenvalue weighted by Gasteiger charge is 2.22. The zero-order valence-electron chi connectivity index (χ0n) is 13.9. The van der Waals surface area contributed by atoms with E-state index >= 15 is 0 Å². The molecule has 2 rings (SSSR count). The van der Waals surface area contributed by atoms with E-state index in [1.807, 2.05) is 13.8 Å². The van der Waals surface area contributed by atoms with Gasteiger partial charge in [-0.25, -0.2) is 0 Å². The van der Waals surface area contributed by atoms with Gasteiger partial charge in [0.1, 0.15) is 0 Å². The van der Waals surface area contributed by atoms with Crippen LogP contribution in [0.2, 0.25) is 0 Å². The Bertz CT molecular complexity index is 774. The number of aliphatic hydroxyl groups is 1. The molecule has 0 amide bonds. The molecule has 132 valence electrons. The number of nitro benzene ring substituents is 2. The molecule has 1 unspecified atom stereocenters. The fraction of sp³-hybridized carbons (Fsp3) is 0.294. The van der Waals surface area contributed by atoms with Crippen LogP contribution < -0.4 is 5.32 Å². The largest absolute Gasteiger partial charge is 0.387 e. The average Bonchev–Trinajstić information content (AvgIpc) is 2.60. The normalized spacial score (nSPS) is 12.6. The lowest BCUT2D eigenvalue weighted by molar-refractivity contribution is -0.385. The Kier molecular flexibility index (Phi) is 5.45. The van der Waals surface area contributed by atoms with Crippen molar-refractivity contribution in [2.24, 2.45) is 0 Å². The van der Waals surface area contributed by atoms with Gasteiger partial charge < -0.3 is 10.4 Å². The molecule has 0 spiro atoms. The molecule has 0 radical (unpaired) electrons. The van der Waals surface area contributed by atoms with Crippen molar-refractivity contribution >= 4 is 11.4 Å². The predicted octanol–water partition coefficient (Wildman–Crippen LogP) is 3.06. The second kappa shape index (κ2) is 7.37. The molecule has 8 nitrogen and oxygen atoms in total. The molecular weight excluding hydrogens is 326 g/mol. The summed E-state index contributed by atoms with van der Waals surface area (Å²) in [6.45, 7) is 3.94. The number of nitro groups is 2. The van der Waals surface area contributed by atoms with E-state index < -0.39 is 21.5 Å². The van der Waals surface area contributed by atoms with Crippen molar-refractivity contribution in [3.63, 3.8) is 0 Å². The molecule has 2 aromatic carbocycles. The van der Waals surface area contributed by atoms with Gasteiger partial charge in [-0.15, -0.1) is 0 Å². The maximum Gasteiger partial charge on any atom is 0.269 e. The summed E-state index contributed by atoms with van der Waals surface area (Å²) in [7, 11) is 0. The van der Waals surface area contributed by atoms with Gasteiger partial charge in [0.2, 0.25) is 0 Å². The fourth-order valence-electron chi connectivity index (χ4n) is 2.42. The molecule has 8 heteroatoms. The van der Waals surface area contributed by atoms with E-state index in [1.165, 1.54) is 30.3 Å². The Labute approximate surface area is 144 Å². The van der Waals surface area contributed by atoms with E-state index in [-0.39, 0.29) is 17.9 Å². The average molecular weight is 345 g/mol. The summed E-state index contributed by atoms with van der Waals surface area (Å²) in [6, 6.07) is 12.0. The smallest absolute Gasteiger partial charge is 0.269 e. The van der Waals surface area contributed by atoms with Gasteiger partial charge in [0, 0.05) is 36.3 Å². The molecule has 0 aliphatic rings. The van der Waals surface area contributed by atoms with E-state index in [0.717, 1.165) is 5.56 Å². The first-order chi connectivity index (χ1) is 11.7. The Morgan fingerprint density at radius 3 is 2.20 bits per heavy atom. The van der Waals surface area contributed by atoms with Crippen molar-refractivity contribution in [1.29, 1.82) is 0 Å². The van der Waals surface area contributed by atoms with E-state index in [9.17, 15) is 25.3 Å². The van der Waals surface area contributed by atoms with Crippen molar-refractivity contribution in [1.82, 2.24) is 5.32 Å². The maximum atomic E-state index is 10.8. The van der Waals surface area contributed by atoms with Gasteiger partial charge in [-0.2, -0.15) is 0 Å². The summed E-state index contributed by atoms with van der Waals surface area (Å²) in [5.41, 5.74) is 0.657. The zero-order chi connectivity index (χ0) is 18.6. The third kappa shape index (κ3) is 4.59. The molecule has 0 saturated carbocycles. The number of hydrogen-bond acceptors (Lipinski definition) is 6. The Hall–Kier alpha value is -2.84. The highest BCUT2D eigenvalue weighted by Crippen LogP contribution is 2.24. The summed E-state index contributed by atoms with van der Waals surface area (Å²) < 4.78 is 0. The van der Waals surface area contributed by atoms with Crippen LogP contribution in [0.5, 0.6) is 0 Å². The minimum absolute atomic E-state index is 0.0104. The quantitative estimate of drug-likeness (QED) is 0.588. The van der Waals surface area contributed by atoms with Gasteiger partial charge in [0.25, 0.3) is 11.4 Å². The van der Waals surface area contributed by atoms with E-state index in [0.29, 0.717) is 5.56 Å². The Morgan fingerprint density at radius 2 is 1.64 bits per heavy atom. The molecule has 0 aromatic heterocycles. The third-order valence-electron chi connectivity index (χ3n) is 4.00. The highest BCUT2D eigenvalue weighted by molar-refractivity contribution is 5.36. The van der Waals surface area contributed by atoms with Crippen LogP contribution in [0.15, 0.2) is 48.5 Å². The fourth-order valence-corrected chi connectivity index (χ4v) is 2.42. The van der Waals surface area contributed by atoms with Crippen molar-refractivity contribution in [2.75, 3.05) is 6.54 Å². The first kappa shape index (κ1) is 18.5. The van der Waals surface area contributed by atoms with Gasteiger partial charge in [-0.05, 0) is 25.0 Å². The molecule has 2 N–H and O–H groups in total. The number of nitrogens with one attached hydrogen (secondary N) is 1. The number of benzene rings is 2. The van der Waals surface area contributed by atoms with Crippen molar-refractivity contribution in [2.45, 2.75) is 25.5 Å². The van der Waals surface area contributed by atoms with E-state index in [4.69, 9.17) is 0 Å². The molecular formula is C17H19N3O5.